The number of nitrogens with one attached hydrogen (secondary N) is 2. The lowest BCUT2D eigenvalue weighted by molar-refractivity contribution is -0.123. The molecular weight excluding hydrogens is 250 g/mol. The van der Waals surface area contributed by atoms with E-state index >= 15 is 0 Å². The summed E-state index contributed by atoms with van der Waals surface area (Å²) in [5, 5.41) is 6.41. The maximum absolute atomic E-state index is 12.0. The van der Waals surface area contributed by atoms with Crippen LogP contribution in [-0.2, 0) is 4.79 Å². The number of piperidine rings is 1. The predicted molar refractivity (Wildman–Crippen MR) is 82.7 cm³/mol. The molecule has 0 aliphatic carbocycles. The summed E-state index contributed by atoms with van der Waals surface area (Å²) in [5.74, 6) is 1.63. The van der Waals surface area contributed by atoms with Gasteiger partial charge in [-0.3, -0.25) is 4.79 Å². The molecular formula is C16H31N3O. The fourth-order valence-electron chi connectivity index (χ4n) is 3.24. The zero-order chi connectivity index (χ0) is 14.4. The summed E-state index contributed by atoms with van der Waals surface area (Å²) >= 11 is 0. The Bertz CT molecular complexity index is 300. The molecule has 4 heteroatoms. The van der Waals surface area contributed by atoms with Gasteiger partial charge in [0.1, 0.15) is 0 Å². The number of likely N-dealkylation sites (tertiary alicyclic amines) is 1. The third-order valence-electron chi connectivity index (χ3n) is 4.57. The number of carbonyl (C=O) groups excluding carboxylic acids is 1. The van der Waals surface area contributed by atoms with Crippen LogP contribution in [0.15, 0.2) is 0 Å². The topological polar surface area (TPSA) is 44.4 Å². The van der Waals surface area contributed by atoms with Crippen molar-refractivity contribution in [1.29, 1.82) is 0 Å². The van der Waals surface area contributed by atoms with Crippen molar-refractivity contribution >= 4 is 5.91 Å². The first kappa shape index (κ1) is 15.8. The first-order valence-electron chi connectivity index (χ1n) is 8.38. The third kappa shape index (κ3) is 5.06. The summed E-state index contributed by atoms with van der Waals surface area (Å²) < 4.78 is 0. The first-order chi connectivity index (χ1) is 9.65. The predicted octanol–water partition coefficient (Wildman–Crippen LogP) is 1.61. The first-order valence-corrected chi connectivity index (χ1v) is 8.38. The number of nitrogens with zero attached hydrogens (tertiary/aromatic N) is 1. The highest BCUT2D eigenvalue weighted by Crippen LogP contribution is 2.17. The highest BCUT2D eigenvalue weighted by molar-refractivity contribution is 5.81. The van der Waals surface area contributed by atoms with Crippen molar-refractivity contribution in [3.05, 3.63) is 0 Å². The van der Waals surface area contributed by atoms with Crippen molar-refractivity contribution in [2.75, 3.05) is 32.7 Å². The minimum absolute atomic E-state index is 0.0654. The van der Waals surface area contributed by atoms with Gasteiger partial charge in [0.05, 0.1) is 6.04 Å². The van der Waals surface area contributed by atoms with Gasteiger partial charge in [-0.1, -0.05) is 13.8 Å². The molecule has 2 atom stereocenters. The largest absolute Gasteiger partial charge is 0.354 e. The van der Waals surface area contributed by atoms with E-state index in [0.717, 1.165) is 38.4 Å². The molecule has 116 valence electrons. The molecule has 0 aromatic rings. The fourth-order valence-corrected chi connectivity index (χ4v) is 3.24. The molecule has 0 radical (unpaired) electrons. The van der Waals surface area contributed by atoms with Crippen molar-refractivity contribution in [3.8, 4) is 0 Å². The average Bonchev–Trinajstić information content (AvgIpc) is 2.97. The number of hydrogen-bond acceptors (Lipinski definition) is 3. The number of rotatable bonds is 6. The lowest BCUT2D eigenvalue weighted by atomic mass is 9.97. The summed E-state index contributed by atoms with van der Waals surface area (Å²) in [5.41, 5.74) is 0. The second-order valence-electron chi connectivity index (χ2n) is 6.89. The van der Waals surface area contributed by atoms with E-state index in [2.05, 4.69) is 29.4 Å². The Hall–Kier alpha value is -0.610. The van der Waals surface area contributed by atoms with E-state index in [1.54, 1.807) is 0 Å². The van der Waals surface area contributed by atoms with Crippen LogP contribution in [-0.4, -0.2) is 49.6 Å². The van der Waals surface area contributed by atoms with Crippen LogP contribution < -0.4 is 10.6 Å². The molecule has 2 fully saturated rings. The molecule has 0 aromatic carbocycles. The van der Waals surface area contributed by atoms with Crippen molar-refractivity contribution in [2.24, 2.45) is 11.8 Å². The fraction of sp³-hybridized carbons (Fsp3) is 0.938. The zero-order valence-electron chi connectivity index (χ0n) is 13.2. The van der Waals surface area contributed by atoms with Crippen LogP contribution in [0.4, 0.5) is 0 Å². The molecule has 2 unspecified atom stereocenters. The molecule has 0 bridgehead atoms. The Morgan fingerprint density at radius 2 is 2.20 bits per heavy atom. The van der Waals surface area contributed by atoms with Crippen LogP contribution in [0.1, 0.15) is 46.0 Å². The molecule has 0 spiro atoms. The molecule has 2 saturated heterocycles. The molecule has 2 rings (SSSR count). The van der Waals surface area contributed by atoms with E-state index in [-0.39, 0.29) is 11.9 Å². The van der Waals surface area contributed by atoms with E-state index in [1.165, 1.54) is 32.4 Å². The molecule has 2 aliphatic heterocycles. The summed E-state index contributed by atoms with van der Waals surface area (Å²) in [6, 6.07) is 0.0654. The molecule has 2 heterocycles. The Balaban J connectivity index is 1.65. The van der Waals surface area contributed by atoms with Gasteiger partial charge in [0.15, 0.2) is 0 Å². The van der Waals surface area contributed by atoms with Crippen LogP contribution in [0.5, 0.6) is 0 Å². The number of carbonyl (C=O) groups is 1. The summed E-state index contributed by atoms with van der Waals surface area (Å²) in [4.78, 5) is 14.6. The Kier molecular flexibility index (Phi) is 6.30. The Morgan fingerprint density at radius 3 is 2.90 bits per heavy atom. The van der Waals surface area contributed by atoms with Gasteiger partial charge in [-0.25, -0.2) is 0 Å². The van der Waals surface area contributed by atoms with E-state index in [1.807, 2.05) is 0 Å². The van der Waals surface area contributed by atoms with Crippen molar-refractivity contribution < 1.29 is 4.79 Å². The van der Waals surface area contributed by atoms with Gasteiger partial charge in [0.2, 0.25) is 5.91 Å². The van der Waals surface area contributed by atoms with Crippen molar-refractivity contribution in [1.82, 2.24) is 15.5 Å². The quantitative estimate of drug-likeness (QED) is 0.777. The molecule has 4 nitrogen and oxygen atoms in total. The lowest BCUT2D eigenvalue weighted by Crippen LogP contribution is -2.45. The van der Waals surface area contributed by atoms with Crippen LogP contribution in [0, 0.1) is 11.8 Å². The molecule has 1 amide bonds. The summed E-state index contributed by atoms with van der Waals surface area (Å²) in [6.07, 6.45) is 5.95. The molecule has 20 heavy (non-hydrogen) atoms. The maximum Gasteiger partial charge on any atom is 0.237 e. The van der Waals surface area contributed by atoms with Crippen LogP contribution in [0.2, 0.25) is 0 Å². The van der Waals surface area contributed by atoms with E-state index in [9.17, 15) is 4.79 Å². The second kappa shape index (κ2) is 7.99. The highest BCUT2D eigenvalue weighted by atomic mass is 16.2. The summed E-state index contributed by atoms with van der Waals surface area (Å²) in [7, 11) is 0. The average molecular weight is 281 g/mol. The van der Waals surface area contributed by atoms with Crippen LogP contribution >= 0.6 is 0 Å². The minimum atomic E-state index is 0.0654. The van der Waals surface area contributed by atoms with Gasteiger partial charge in [0, 0.05) is 13.1 Å². The normalized spacial score (nSPS) is 27.9. The van der Waals surface area contributed by atoms with Gasteiger partial charge < -0.3 is 15.5 Å². The van der Waals surface area contributed by atoms with Gasteiger partial charge in [-0.2, -0.15) is 0 Å². The highest BCUT2D eigenvalue weighted by Gasteiger charge is 2.24. The summed E-state index contributed by atoms with van der Waals surface area (Å²) in [6.45, 7) is 10.0. The molecule has 0 saturated carbocycles. The van der Waals surface area contributed by atoms with Gasteiger partial charge >= 0.3 is 0 Å². The molecule has 2 aliphatic rings. The second-order valence-corrected chi connectivity index (χ2v) is 6.89. The standard InChI is InChI=1S/C16H31N3O/c1-13(2)7-10-19-9-4-5-14(12-19)11-18-16(20)15-6-3-8-17-15/h13-15,17H,3-12H2,1-2H3,(H,18,20). The SMILES string of the molecule is CC(C)CCN1CCCC(CNC(=O)C2CCCN2)C1. The third-order valence-corrected chi connectivity index (χ3v) is 4.57. The van der Waals surface area contributed by atoms with Crippen LogP contribution in [0.3, 0.4) is 0 Å². The Morgan fingerprint density at radius 1 is 1.35 bits per heavy atom. The number of amides is 1. The molecule has 0 aromatic heterocycles. The van der Waals surface area contributed by atoms with Gasteiger partial charge in [-0.05, 0) is 63.6 Å². The van der Waals surface area contributed by atoms with Crippen molar-refractivity contribution in [3.63, 3.8) is 0 Å². The van der Waals surface area contributed by atoms with Gasteiger partial charge in [-0.15, -0.1) is 0 Å². The molecule has 2 N–H and O–H groups in total. The minimum Gasteiger partial charge on any atom is -0.354 e. The number of hydrogen-bond donors (Lipinski definition) is 2. The Labute approximate surface area is 123 Å². The monoisotopic (exact) mass is 281 g/mol. The van der Waals surface area contributed by atoms with E-state index in [0.29, 0.717) is 5.92 Å². The zero-order valence-corrected chi connectivity index (χ0v) is 13.2. The maximum atomic E-state index is 12.0. The van der Waals surface area contributed by atoms with E-state index in [4.69, 9.17) is 0 Å². The smallest absolute Gasteiger partial charge is 0.237 e. The van der Waals surface area contributed by atoms with Crippen LogP contribution in [0.25, 0.3) is 0 Å². The lowest BCUT2D eigenvalue weighted by Gasteiger charge is -2.33. The van der Waals surface area contributed by atoms with Gasteiger partial charge in [0.25, 0.3) is 0 Å². The van der Waals surface area contributed by atoms with Crippen molar-refractivity contribution in [2.45, 2.75) is 52.0 Å². The van der Waals surface area contributed by atoms with E-state index < -0.39 is 0 Å².